The lowest BCUT2D eigenvalue weighted by Crippen LogP contribution is -2.01. The highest BCUT2D eigenvalue weighted by Gasteiger charge is 2.45. The molecular formula is C9H11NO2. The molecule has 2 rings (SSSR count). The summed E-state index contributed by atoms with van der Waals surface area (Å²) < 4.78 is 1.99. The third-order valence-corrected chi connectivity index (χ3v) is 2.47. The van der Waals surface area contributed by atoms with Crippen molar-refractivity contribution in [2.45, 2.75) is 12.3 Å². The quantitative estimate of drug-likeness (QED) is 0.715. The van der Waals surface area contributed by atoms with E-state index < -0.39 is 5.97 Å². The van der Waals surface area contributed by atoms with E-state index in [9.17, 15) is 4.79 Å². The van der Waals surface area contributed by atoms with E-state index in [4.69, 9.17) is 5.11 Å². The normalized spacial score (nSPS) is 27.1. The minimum Gasteiger partial charge on any atom is -0.481 e. The second-order valence-corrected chi connectivity index (χ2v) is 3.33. The van der Waals surface area contributed by atoms with Crippen molar-refractivity contribution in [1.29, 1.82) is 0 Å². The molecule has 0 radical (unpaired) electrons. The fourth-order valence-electron chi connectivity index (χ4n) is 1.65. The maximum absolute atomic E-state index is 10.6. The number of aryl methyl sites for hydroxylation is 1. The van der Waals surface area contributed by atoms with Gasteiger partial charge < -0.3 is 9.67 Å². The molecule has 1 heterocycles. The lowest BCUT2D eigenvalue weighted by Gasteiger charge is -1.99. The molecule has 0 amide bonds. The first-order valence-electron chi connectivity index (χ1n) is 4.04. The van der Waals surface area contributed by atoms with Gasteiger partial charge in [0.2, 0.25) is 0 Å². The molecule has 1 aliphatic rings. The third-order valence-electron chi connectivity index (χ3n) is 2.47. The largest absolute Gasteiger partial charge is 0.481 e. The van der Waals surface area contributed by atoms with Crippen LogP contribution in [0.2, 0.25) is 0 Å². The Morgan fingerprint density at radius 3 is 2.92 bits per heavy atom. The molecule has 3 heteroatoms. The molecule has 3 nitrogen and oxygen atoms in total. The molecular weight excluding hydrogens is 154 g/mol. The molecule has 0 unspecified atom stereocenters. The van der Waals surface area contributed by atoms with Crippen molar-refractivity contribution in [3.63, 3.8) is 0 Å². The van der Waals surface area contributed by atoms with E-state index in [-0.39, 0.29) is 11.8 Å². The fourth-order valence-corrected chi connectivity index (χ4v) is 1.65. The summed E-state index contributed by atoms with van der Waals surface area (Å²) in [4.78, 5) is 10.6. The first-order valence-corrected chi connectivity index (χ1v) is 4.04. The standard InChI is InChI=1S/C9H11NO2/c1-10-4-2-3-8(10)6-5-7(6)9(11)12/h2-4,6-7H,5H2,1H3,(H,11,12)/t6-,7-/m0/s1. The summed E-state index contributed by atoms with van der Waals surface area (Å²) >= 11 is 0. The number of aromatic nitrogens is 1. The maximum Gasteiger partial charge on any atom is 0.307 e. The summed E-state index contributed by atoms with van der Waals surface area (Å²) in [5, 5.41) is 8.70. The van der Waals surface area contributed by atoms with Crippen LogP contribution in [0, 0.1) is 5.92 Å². The van der Waals surface area contributed by atoms with Crippen LogP contribution in [-0.4, -0.2) is 15.6 Å². The number of nitrogens with zero attached hydrogens (tertiary/aromatic N) is 1. The molecule has 0 aliphatic heterocycles. The van der Waals surface area contributed by atoms with Crippen molar-refractivity contribution in [2.75, 3.05) is 0 Å². The highest BCUT2D eigenvalue weighted by molar-refractivity contribution is 5.75. The molecule has 1 aromatic heterocycles. The molecule has 1 saturated carbocycles. The van der Waals surface area contributed by atoms with Crippen LogP contribution in [0.4, 0.5) is 0 Å². The highest BCUT2D eigenvalue weighted by Crippen LogP contribution is 2.47. The van der Waals surface area contributed by atoms with Crippen LogP contribution in [-0.2, 0) is 11.8 Å². The Morgan fingerprint density at radius 2 is 2.50 bits per heavy atom. The monoisotopic (exact) mass is 165 g/mol. The van der Waals surface area contributed by atoms with Crippen molar-refractivity contribution < 1.29 is 9.90 Å². The third kappa shape index (κ3) is 1.02. The lowest BCUT2D eigenvalue weighted by atomic mass is 10.2. The molecule has 12 heavy (non-hydrogen) atoms. The molecule has 1 aliphatic carbocycles. The van der Waals surface area contributed by atoms with Gasteiger partial charge in [0, 0.05) is 24.9 Å². The number of carboxylic acid groups (broad SMARTS) is 1. The summed E-state index contributed by atoms with van der Waals surface area (Å²) in [6.07, 6.45) is 2.75. The zero-order valence-corrected chi connectivity index (χ0v) is 6.90. The van der Waals surface area contributed by atoms with Gasteiger partial charge in [0.15, 0.2) is 0 Å². The Balaban J connectivity index is 2.15. The van der Waals surface area contributed by atoms with Gasteiger partial charge in [0.1, 0.15) is 0 Å². The van der Waals surface area contributed by atoms with Crippen LogP contribution in [0.3, 0.4) is 0 Å². The van der Waals surface area contributed by atoms with E-state index in [0.29, 0.717) is 0 Å². The van der Waals surface area contributed by atoms with Crippen molar-refractivity contribution in [3.05, 3.63) is 24.0 Å². The summed E-state index contributed by atoms with van der Waals surface area (Å²) in [5.74, 6) is -0.553. The minimum atomic E-state index is -0.666. The Kier molecular flexibility index (Phi) is 1.46. The van der Waals surface area contributed by atoms with Gasteiger partial charge >= 0.3 is 5.97 Å². The summed E-state index contributed by atoms with van der Waals surface area (Å²) in [7, 11) is 1.95. The van der Waals surface area contributed by atoms with Crippen LogP contribution >= 0.6 is 0 Å². The zero-order chi connectivity index (χ0) is 8.72. The predicted molar refractivity (Wildman–Crippen MR) is 43.9 cm³/mol. The SMILES string of the molecule is Cn1cccc1[C@H]1C[C@@H]1C(=O)O. The number of aliphatic carboxylic acids is 1. The van der Waals surface area contributed by atoms with E-state index in [0.717, 1.165) is 12.1 Å². The zero-order valence-electron chi connectivity index (χ0n) is 6.90. The first kappa shape index (κ1) is 7.40. The minimum absolute atomic E-state index is 0.140. The molecule has 64 valence electrons. The topological polar surface area (TPSA) is 42.2 Å². The van der Waals surface area contributed by atoms with Crippen LogP contribution < -0.4 is 0 Å². The fraction of sp³-hybridized carbons (Fsp3) is 0.444. The average molecular weight is 165 g/mol. The van der Waals surface area contributed by atoms with E-state index in [1.165, 1.54) is 0 Å². The van der Waals surface area contributed by atoms with Gasteiger partial charge in [-0.1, -0.05) is 0 Å². The molecule has 0 aromatic carbocycles. The smallest absolute Gasteiger partial charge is 0.307 e. The molecule has 2 atom stereocenters. The lowest BCUT2D eigenvalue weighted by molar-refractivity contribution is -0.138. The number of carboxylic acids is 1. The Hall–Kier alpha value is -1.25. The Morgan fingerprint density at radius 1 is 1.75 bits per heavy atom. The maximum atomic E-state index is 10.6. The molecule has 1 fully saturated rings. The Bertz CT molecular complexity index is 316. The summed E-state index contributed by atoms with van der Waals surface area (Å²) in [6, 6.07) is 3.94. The number of hydrogen-bond donors (Lipinski definition) is 1. The van der Waals surface area contributed by atoms with Gasteiger partial charge in [-0.25, -0.2) is 0 Å². The summed E-state index contributed by atoms with van der Waals surface area (Å²) in [6.45, 7) is 0. The van der Waals surface area contributed by atoms with Gasteiger partial charge in [-0.15, -0.1) is 0 Å². The molecule has 0 saturated heterocycles. The summed E-state index contributed by atoms with van der Waals surface area (Å²) in [5.41, 5.74) is 1.14. The van der Waals surface area contributed by atoms with Crippen molar-refractivity contribution >= 4 is 5.97 Å². The predicted octanol–water partition coefficient (Wildman–Crippen LogP) is 1.21. The molecule has 0 bridgehead atoms. The molecule has 1 aromatic rings. The van der Waals surface area contributed by atoms with Gasteiger partial charge in [-0.3, -0.25) is 4.79 Å². The van der Waals surface area contributed by atoms with E-state index >= 15 is 0 Å². The average Bonchev–Trinajstić information content (AvgIpc) is 2.70. The number of hydrogen-bond acceptors (Lipinski definition) is 1. The van der Waals surface area contributed by atoms with Crippen molar-refractivity contribution in [1.82, 2.24) is 4.57 Å². The molecule has 1 N–H and O–H groups in total. The second kappa shape index (κ2) is 2.37. The van der Waals surface area contributed by atoms with Crippen LogP contribution in [0.5, 0.6) is 0 Å². The van der Waals surface area contributed by atoms with Crippen LogP contribution in [0.15, 0.2) is 18.3 Å². The van der Waals surface area contributed by atoms with E-state index in [2.05, 4.69) is 0 Å². The molecule has 0 spiro atoms. The van der Waals surface area contributed by atoms with Crippen LogP contribution in [0.25, 0.3) is 0 Å². The van der Waals surface area contributed by atoms with Crippen LogP contribution in [0.1, 0.15) is 18.0 Å². The second-order valence-electron chi connectivity index (χ2n) is 3.33. The van der Waals surface area contributed by atoms with E-state index in [1.807, 2.05) is 29.9 Å². The number of rotatable bonds is 2. The van der Waals surface area contributed by atoms with Gasteiger partial charge in [0.25, 0.3) is 0 Å². The first-order chi connectivity index (χ1) is 5.70. The van der Waals surface area contributed by atoms with Gasteiger partial charge in [-0.05, 0) is 18.6 Å². The Labute approximate surface area is 70.6 Å². The highest BCUT2D eigenvalue weighted by atomic mass is 16.4. The van der Waals surface area contributed by atoms with Crippen molar-refractivity contribution in [2.24, 2.45) is 13.0 Å². The van der Waals surface area contributed by atoms with Crippen molar-refractivity contribution in [3.8, 4) is 0 Å². The van der Waals surface area contributed by atoms with Gasteiger partial charge in [-0.2, -0.15) is 0 Å². The number of carbonyl (C=O) groups is 1. The van der Waals surface area contributed by atoms with E-state index in [1.54, 1.807) is 0 Å². The van der Waals surface area contributed by atoms with Gasteiger partial charge in [0.05, 0.1) is 5.92 Å².